The Hall–Kier alpha value is -0.630. The van der Waals surface area contributed by atoms with Crippen LogP contribution in [0.15, 0.2) is 6.07 Å². The van der Waals surface area contributed by atoms with Crippen molar-refractivity contribution in [1.29, 1.82) is 0 Å². The van der Waals surface area contributed by atoms with Gasteiger partial charge in [-0.05, 0) is 28.7 Å². The second kappa shape index (κ2) is 4.74. The fourth-order valence-corrected chi connectivity index (χ4v) is 1.57. The summed E-state index contributed by atoms with van der Waals surface area (Å²) in [6.45, 7) is -0.0607. The number of hydrogen-bond donors (Lipinski definition) is 1. The normalized spacial score (nSPS) is 10.6. The quantitative estimate of drug-likeness (QED) is 0.527. The van der Waals surface area contributed by atoms with Gasteiger partial charge >= 0.3 is 0 Å². The number of carbonyl (C=O) groups is 1. The molecule has 0 fully saturated rings. The minimum absolute atomic E-state index is 0.0607. The standard InChI is InChI=1S/C8H7F2IN2O/c9-7(10)5-1-4(3-14)8(11)13-6(5)2-12/h1,3,7H,2,12H2. The van der Waals surface area contributed by atoms with Crippen molar-refractivity contribution in [2.24, 2.45) is 5.73 Å². The maximum Gasteiger partial charge on any atom is 0.265 e. The third kappa shape index (κ3) is 2.24. The summed E-state index contributed by atoms with van der Waals surface area (Å²) in [6, 6.07) is 1.13. The molecule has 0 aromatic carbocycles. The van der Waals surface area contributed by atoms with Gasteiger partial charge in [0.2, 0.25) is 0 Å². The first-order valence-corrected chi connectivity index (χ1v) is 4.80. The van der Waals surface area contributed by atoms with E-state index in [0.29, 0.717) is 9.99 Å². The highest BCUT2D eigenvalue weighted by molar-refractivity contribution is 14.1. The molecule has 1 aromatic rings. The van der Waals surface area contributed by atoms with E-state index in [1.807, 2.05) is 0 Å². The van der Waals surface area contributed by atoms with E-state index in [9.17, 15) is 13.6 Å². The highest BCUT2D eigenvalue weighted by Crippen LogP contribution is 2.24. The summed E-state index contributed by atoms with van der Waals surface area (Å²) in [6.07, 6.45) is -2.15. The van der Waals surface area contributed by atoms with Crippen LogP contribution in [0.25, 0.3) is 0 Å². The van der Waals surface area contributed by atoms with Gasteiger partial charge in [-0.1, -0.05) is 0 Å². The van der Waals surface area contributed by atoms with Gasteiger partial charge in [-0.3, -0.25) is 4.79 Å². The third-order valence-electron chi connectivity index (χ3n) is 1.67. The highest BCUT2D eigenvalue weighted by atomic mass is 127. The highest BCUT2D eigenvalue weighted by Gasteiger charge is 2.16. The van der Waals surface area contributed by atoms with Crippen molar-refractivity contribution in [3.05, 3.63) is 26.6 Å². The molecule has 0 saturated carbocycles. The molecule has 0 aliphatic carbocycles. The van der Waals surface area contributed by atoms with Crippen LogP contribution < -0.4 is 5.73 Å². The van der Waals surface area contributed by atoms with Crippen molar-refractivity contribution >= 4 is 28.9 Å². The van der Waals surface area contributed by atoms with Crippen LogP contribution in [0.1, 0.15) is 28.0 Å². The number of carbonyl (C=O) groups excluding carboxylic acids is 1. The average Bonchev–Trinajstić information content (AvgIpc) is 2.16. The Kier molecular flexibility index (Phi) is 3.87. The van der Waals surface area contributed by atoms with Crippen LogP contribution in [0.4, 0.5) is 8.78 Å². The van der Waals surface area contributed by atoms with Crippen molar-refractivity contribution in [2.75, 3.05) is 0 Å². The predicted octanol–water partition coefficient (Wildman–Crippen LogP) is 1.90. The van der Waals surface area contributed by atoms with Gasteiger partial charge in [-0.25, -0.2) is 13.8 Å². The molecule has 76 valence electrons. The minimum Gasteiger partial charge on any atom is -0.325 e. The van der Waals surface area contributed by atoms with Gasteiger partial charge in [0.1, 0.15) is 3.70 Å². The molecule has 0 aliphatic rings. The van der Waals surface area contributed by atoms with E-state index in [1.165, 1.54) is 0 Å². The molecular weight excluding hydrogens is 305 g/mol. The monoisotopic (exact) mass is 312 g/mol. The van der Waals surface area contributed by atoms with E-state index in [4.69, 9.17) is 5.73 Å². The first-order chi connectivity index (χ1) is 6.60. The molecule has 1 rings (SSSR count). The number of aromatic nitrogens is 1. The van der Waals surface area contributed by atoms with Crippen molar-refractivity contribution in [3.8, 4) is 0 Å². The van der Waals surface area contributed by atoms with Crippen LogP contribution in [-0.2, 0) is 6.54 Å². The summed E-state index contributed by atoms with van der Waals surface area (Å²) in [5.41, 5.74) is 5.29. The van der Waals surface area contributed by atoms with Gasteiger partial charge in [-0.15, -0.1) is 0 Å². The molecule has 0 saturated heterocycles. The molecule has 0 aliphatic heterocycles. The summed E-state index contributed by atoms with van der Waals surface area (Å²) in [5.74, 6) is 0. The predicted molar refractivity (Wildman–Crippen MR) is 55.2 cm³/mol. The second-order valence-corrected chi connectivity index (χ2v) is 3.55. The molecule has 6 heteroatoms. The van der Waals surface area contributed by atoms with Gasteiger partial charge in [0, 0.05) is 17.7 Å². The number of alkyl halides is 2. The number of aldehydes is 1. The first kappa shape index (κ1) is 11.4. The zero-order valence-corrected chi connectivity index (χ0v) is 9.16. The van der Waals surface area contributed by atoms with Crippen LogP contribution in [0.2, 0.25) is 0 Å². The maximum atomic E-state index is 12.4. The molecule has 0 radical (unpaired) electrons. The molecule has 14 heavy (non-hydrogen) atoms. The Balaban J connectivity index is 3.32. The molecule has 3 nitrogen and oxygen atoms in total. The van der Waals surface area contributed by atoms with E-state index in [2.05, 4.69) is 4.98 Å². The van der Waals surface area contributed by atoms with Crippen molar-refractivity contribution in [1.82, 2.24) is 4.98 Å². The molecule has 0 atom stereocenters. The van der Waals surface area contributed by atoms with Crippen LogP contribution in [-0.4, -0.2) is 11.3 Å². The molecule has 2 N–H and O–H groups in total. The van der Waals surface area contributed by atoms with Gasteiger partial charge in [-0.2, -0.15) is 0 Å². The summed E-state index contributed by atoms with van der Waals surface area (Å²) >= 11 is 1.81. The van der Waals surface area contributed by atoms with Crippen molar-refractivity contribution in [2.45, 2.75) is 13.0 Å². The first-order valence-electron chi connectivity index (χ1n) is 3.72. The Morgan fingerprint density at radius 1 is 1.64 bits per heavy atom. The van der Waals surface area contributed by atoms with Crippen molar-refractivity contribution in [3.63, 3.8) is 0 Å². The topological polar surface area (TPSA) is 56.0 Å². The average molecular weight is 312 g/mol. The number of nitrogens with two attached hydrogens (primary N) is 1. The number of hydrogen-bond acceptors (Lipinski definition) is 3. The number of nitrogens with zero attached hydrogens (tertiary/aromatic N) is 1. The van der Waals surface area contributed by atoms with E-state index in [-0.39, 0.29) is 23.4 Å². The Morgan fingerprint density at radius 2 is 2.29 bits per heavy atom. The lowest BCUT2D eigenvalue weighted by Crippen LogP contribution is -2.08. The number of rotatable bonds is 3. The molecule has 0 bridgehead atoms. The number of pyridine rings is 1. The largest absolute Gasteiger partial charge is 0.325 e. The smallest absolute Gasteiger partial charge is 0.265 e. The van der Waals surface area contributed by atoms with E-state index in [0.717, 1.165) is 6.07 Å². The minimum atomic E-state index is -2.66. The second-order valence-electron chi connectivity index (χ2n) is 2.53. The summed E-state index contributed by atoms with van der Waals surface area (Å²) in [5, 5.41) is 0. The van der Waals surface area contributed by atoms with Crippen LogP contribution in [0, 0.1) is 3.70 Å². The Labute approximate surface area is 92.8 Å². The fourth-order valence-electron chi connectivity index (χ4n) is 0.993. The molecule has 1 aromatic heterocycles. The lowest BCUT2D eigenvalue weighted by molar-refractivity contribution is 0.112. The van der Waals surface area contributed by atoms with Gasteiger partial charge < -0.3 is 5.73 Å². The van der Waals surface area contributed by atoms with E-state index >= 15 is 0 Å². The Bertz CT molecular complexity index is 357. The zero-order chi connectivity index (χ0) is 10.7. The Morgan fingerprint density at radius 3 is 2.71 bits per heavy atom. The molecule has 1 heterocycles. The zero-order valence-electron chi connectivity index (χ0n) is 7.01. The molecular formula is C8H7F2IN2O. The molecule has 0 unspecified atom stereocenters. The SMILES string of the molecule is NCc1nc(I)c(C=O)cc1C(F)F. The van der Waals surface area contributed by atoms with Crippen LogP contribution in [0.5, 0.6) is 0 Å². The van der Waals surface area contributed by atoms with E-state index < -0.39 is 6.43 Å². The van der Waals surface area contributed by atoms with Gasteiger partial charge in [0.05, 0.1) is 5.69 Å². The van der Waals surface area contributed by atoms with Gasteiger partial charge in [0.15, 0.2) is 6.29 Å². The van der Waals surface area contributed by atoms with Crippen LogP contribution >= 0.6 is 22.6 Å². The number of halogens is 3. The molecule has 0 amide bonds. The summed E-state index contributed by atoms with van der Waals surface area (Å²) < 4.78 is 25.3. The lowest BCUT2D eigenvalue weighted by atomic mass is 10.1. The summed E-state index contributed by atoms with van der Waals surface area (Å²) in [4.78, 5) is 14.3. The third-order valence-corrected chi connectivity index (χ3v) is 2.53. The van der Waals surface area contributed by atoms with Crippen molar-refractivity contribution < 1.29 is 13.6 Å². The summed E-state index contributed by atoms with van der Waals surface area (Å²) in [7, 11) is 0. The van der Waals surface area contributed by atoms with E-state index in [1.54, 1.807) is 22.6 Å². The van der Waals surface area contributed by atoms with Crippen LogP contribution in [0.3, 0.4) is 0 Å². The lowest BCUT2D eigenvalue weighted by Gasteiger charge is -2.07. The molecule has 0 spiro atoms. The fraction of sp³-hybridized carbons (Fsp3) is 0.250. The maximum absolute atomic E-state index is 12.4. The van der Waals surface area contributed by atoms with Gasteiger partial charge in [0.25, 0.3) is 6.43 Å².